The molecule has 0 aliphatic carbocycles. The van der Waals surface area contributed by atoms with E-state index in [9.17, 15) is 17.6 Å². The molecule has 2 aromatic carbocycles. The summed E-state index contributed by atoms with van der Waals surface area (Å²) < 4.78 is 92.8. The lowest BCUT2D eigenvalue weighted by atomic mass is 9.94. The maximum absolute atomic E-state index is 15.6. The molecule has 4 rings (SSSR count). The Bertz CT molecular complexity index is 1250. The largest absolute Gasteiger partial charge is 0.368 e. The van der Waals surface area contributed by atoms with E-state index >= 15 is 13.2 Å². The molecule has 0 unspecified atom stereocenters. The van der Waals surface area contributed by atoms with E-state index in [1.807, 2.05) is 4.72 Å². The molecule has 36 heavy (non-hydrogen) atoms. The molecule has 2 fully saturated rings. The topological polar surface area (TPSA) is 79.0 Å². The molecule has 1 N–H and O–H groups in total. The first-order valence-corrected chi connectivity index (χ1v) is 12.8. The number of nitrogens with one attached hydrogen (secondary N) is 1. The maximum Gasteiger partial charge on any atom is 0.283 e. The molecular weight excluding hydrogens is 502 g/mol. The summed E-state index contributed by atoms with van der Waals surface area (Å²) in [7, 11) is -1.95. The van der Waals surface area contributed by atoms with Crippen molar-refractivity contribution in [3.8, 4) is 11.1 Å². The minimum absolute atomic E-state index is 0.0153. The highest BCUT2D eigenvalue weighted by molar-refractivity contribution is 7.87. The summed E-state index contributed by atoms with van der Waals surface area (Å²) in [6.07, 6.45) is -0.952. The van der Waals surface area contributed by atoms with Crippen LogP contribution in [0.15, 0.2) is 36.4 Å². The SMILES string of the molecule is Cc1cc(F)cc(-c2cccc(C[C@H]3[C@@H](NS(=O)(=O)N(C)C)C(F)(F)CN3C(=O)[C@H]3CCO3)c2F)c1. The molecule has 1 amide bonds. The Morgan fingerprint density at radius 1 is 1.22 bits per heavy atom. The molecule has 0 aromatic heterocycles. The highest BCUT2D eigenvalue weighted by Crippen LogP contribution is 2.37. The van der Waals surface area contributed by atoms with E-state index in [0.29, 0.717) is 18.6 Å². The van der Waals surface area contributed by atoms with Gasteiger partial charge in [-0.05, 0) is 42.2 Å². The molecule has 2 heterocycles. The van der Waals surface area contributed by atoms with Crippen LogP contribution in [0.5, 0.6) is 0 Å². The fourth-order valence-electron chi connectivity index (χ4n) is 4.50. The summed E-state index contributed by atoms with van der Waals surface area (Å²) in [5, 5.41) is 0. The lowest BCUT2D eigenvalue weighted by molar-refractivity contribution is -0.158. The predicted molar refractivity (Wildman–Crippen MR) is 125 cm³/mol. The van der Waals surface area contributed by atoms with Gasteiger partial charge in [-0.15, -0.1) is 0 Å². The number of amides is 1. The van der Waals surface area contributed by atoms with Gasteiger partial charge in [0.15, 0.2) is 0 Å². The number of benzene rings is 2. The van der Waals surface area contributed by atoms with Gasteiger partial charge < -0.3 is 9.64 Å². The van der Waals surface area contributed by atoms with Crippen molar-refractivity contribution in [2.75, 3.05) is 27.2 Å². The van der Waals surface area contributed by atoms with Crippen LogP contribution < -0.4 is 4.72 Å². The number of carbonyl (C=O) groups excluding carboxylic acids is 1. The highest BCUT2D eigenvalue weighted by atomic mass is 32.2. The number of rotatable bonds is 7. The van der Waals surface area contributed by atoms with Crippen LogP contribution in [-0.4, -0.2) is 74.9 Å². The van der Waals surface area contributed by atoms with Gasteiger partial charge in [0.1, 0.15) is 23.8 Å². The Hall–Kier alpha value is -2.54. The van der Waals surface area contributed by atoms with Crippen molar-refractivity contribution in [3.05, 3.63) is 59.2 Å². The van der Waals surface area contributed by atoms with Gasteiger partial charge in [0.25, 0.3) is 22.0 Å². The third kappa shape index (κ3) is 5.13. The average Bonchev–Trinajstić information content (AvgIpc) is 2.97. The Labute approximate surface area is 207 Å². The van der Waals surface area contributed by atoms with Crippen molar-refractivity contribution in [2.45, 2.75) is 43.9 Å². The van der Waals surface area contributed by atoms with Crippen molar-refractivity contribution in [2.24, 2.45) is 0 Å². The van der Waals surface area contributed by atoms with E-state index in [1.165, 1.54) is 38.4 Å². The normalized spacial score (nSPS) is 23.7. The van der Waals surface area contributed by atoms with Crippen LogP contribution in [0.4, 0.5) is 17.6 Å². The average molecular weight is 530 g/mol. The zero-order valence-electron chi connectivity index (χ0n) is 20.0. The molecule has 2 saturated heterocycles. The Morgan fingerprint density at radius 2 is 1.92 bits per heavy atom. The van der Waals surface area contributed by atoms with E-state index < -0.39 is 64.8 Å². The van der Waals surface area contributed by atoms with Crippen LogP contribution in [0.3, 0.4) is 0 Å². The van der Waals surface area contributed by atoms with Crippen molar-refractivity contribution >= 4 is 16.1 Å². The van der Waals surface area contributed by atoms with Crippen molar-refractivity contribution in [3.63, 3.8) is 0 Å². The fourth-order valence-corrected chi connectivity index (χ4v) is 5.36. The molecule has 3 atom stereocenters. The van der Waals surface area contributed by atoms with Gasteiger partial charge in [0.2, 0.25) is 0 Å². The molecule has 2 aromatic rings. The molecule has 0 radical (unpaired) electrons. The first-order chi connectivity index (χ1) is 16.8. The number of nitrogens with zero attached hydrogens (tertiary/aromatic N) is 2. The lowest BCUT2D eigenvalue weighted by Crippen LogP contribution is -2.55. The zero-order chi connectivity index (χ0) is 26.4. The molecule has 7 nitrogen and oxygen atoms in total. The molecule has 12 heteroatoms. The van der Waals surface area contributed by atoms with Crippen molar-refractivity contribution < 1.29 is 35.5 Å². The van der Waals surface area contributed by atoms with Crippen LogP contribution in [0, 0.1) is 18.6 Å². The van der Waals surface area contributed by atoms with E-state index in [1.54, 1.807) is 13.0 Å². The van der Waals surface area contributed by atoms with Gasteiger partial charge in [-0.1, -0.05) is 24.3 Å². The third-order valence-corrected chi connectivity index (χ3v) is 8.01. The molecule has 0 saturated carbocycles. The zero-order valence-corrected chi connectivity index (χ0v) is 20.8. The second-order valence-corrected chi connectivity index (χ2v) is 11.2. The molecule has 196 valence electrons. The molecular formula is C24H27F4N3O4S. The predicted octanol–water partition coefficient (Wildman–Crippen LogP) is 2.88. The second kappa shape index (κ2) is 9.73. The summed E-state index contributed by atoms with van der Waals surface area (Å²) in [6, 6.07) is 4.96. The van der Waals surface area contributed by atoms with Crippen molar-refractivity contribution in [1.82, 2.24) is 13.9 Å². The Kier molecular flexibility index (Phi) is 7.17. The second-order valence-electron chi connectivity index (χ2n) is 9.33. The Balaban J connectivity index is 1.74. The van der Waals surface area contributed by atoms with Gasteiger partial charge >= 0.3 is 0 Å². The van der Waals surface area contributed by atoms with Gasteiger partial charge in [-0.25, -0.2) is 17.6 Å². The van der Waals surface area contributed by atoms with Gasteiger partial charge in [0.05, 0.1) is 19.2 Å². The van der Waals surface area contributed by atoms with Gasteiger partial charge in [-0.2, -0.15) is 17.4 Å². The van der Waals surface area contributed by atoms with Crippen molar-refractivity contribution in [1.29, 1.82) is 0 Å². The van der Waals surface area contributed by atoms with Gasteiger partial charge in [-0.3, -0.25) is 4.79 Å². The summed E-state index contributed by atoms with van der Waals surface area (Å²) in [5.74, 6) is -5.64. The molecule has 2 aliphatic rings. The number of alkyl halides is 2. The summed E-state index contributed by atoms with van der Waals surface area (Å²) in [4.78, 5) is 13.8. The van der Waals surface area contributed by atoms with E-state index in [2.05, 4.69) is 0 Å². The number of likely N-dealkylation sites (tertiary alicyclic amines) is 1. The smallest absolute Gasteiger partial charge is 0.283 e. The first kappa shape index (κ1) is 26.5. The number of aryl methyl sites for hydroxylation is 1. The van der Waals surface area contributed by atoms with Gasteiger partial charge in [0, 0.05) is 26.1 Å². The lowest BCUT2D eigenvalue weighted by Gasteiger charge is -2.34. The van der Waals surface area contributed by atoms with Crippen LogP contribution >= 0.6 is 0 Å². The van der Waals surface area contributed by atoms with E-state index in [4.69, 9.17) is 4.74 Å². The summed E-state index contributed by atoms with van der Waals surface area (Å²) in [5.41, 5.74) is 0.883. The Morgan fingerprint density at radius 3 is 2.50 bits per heavy atom. The molecule has 2 aliphatic heterocycles. The minimum atomic E-state index is -4.31. The number of halogens is 4. The number of hydrogen-bond donors (Lipinski definition) is 1. The number of carbonyl (C=O) groups is 1. The summed E-state index contributed by atoms with van der Waals surface area (Å²) in [6.45, 7) is 0.926. The fraction of sp³-hybridized carbons (Fsp3) is 0.458. The number of hydrogen-bond acceptors (Lipinski definition) is 4. The molecule has 0 bridgehead atoms. The molecule has 0 spiro atoms. The van der Waals surface area contributed by atoms with Crippen LogP contribution in [0.25, 0.3) is 11.1 Å². The van der Waals surface area contributed by atoms with E-state index in [0.717, 1.165) is 15.3 Å². The summed E-state index contributed by atoms with van der Waals surface area (Å²) >= 11 is 0. The maximum atomic E-state index is 15.6. The highest BCUT2D eigenvalue weighted by Gasteiger charge is 2.58. The first-order valence-electron chi connectivity index (χ1n) is 11.3. The van der Waals surface area contributed by atoms with Crippen LogP contribution in [0.1, 0.15) is 17.5 Å². The minimum Gasteiger partial charge on any atom is -0.368 e. The standard InChI is InChI=1S/C24H27F4N3O4S/c1-14-9-16(11-17(25)10-14)18-6-4-5-15(21(18)26)12-19-22(29-36(33,34)30(2)3)24(27,28)13-31(19)23(32)20-7-8-35-20/h4-6,9-11,19-20,22,29H,7-8,12-13H2,1-3H3/t19-,20+,22+/m0/s1. The third-order valence-electron chi connectivity index (χ3n) is 6.50. The quantitative estimate of drug-likeness (QED) is 0.560. The monoisotopic (exact) mass is 529 g/mol. The van der Waals surface area contributed by atoms with E-state index in [-0.39, 0.29) is 16.7 Å². The number of ether oxygens (including phenoxy) is 1. The van der Waals surface area contributed by atoms with Crippen LogP contribution in [0.2, 0.25) is 0 Å². The van der Waals surface area contributed by atoms with Crippen LogP contribution in [-0.2, 0) is 26.2 Å².